The summed E-state index contributed by atoms with van der Waals surface area (Å²) >= 11 is 3.47. The number of unbranched alkanes of at least 4 members (excludes halogenated alkanes) is 2. The van der Waals surface area contributed by atoms with Gasteiger partial charge < -0.3 is 4.90 Å². The molecule has 0 aromatic rings. The van der Waals surface area contributed by atoms with Gasteiger partial charge in [0.25, 0.3) is 0 Å². The first-order valence-corrected chi connectivity index (χ1v) is 7.81. The minimum atomic E-state index is 0.0580. The maximum atomic E-state index is 12.0. The number of amides is 1. The topological polar surface area (TPSA) is 20.3 Å². The fourth-order valence-electron chi connectivity index (χ4n) is 2.50. The van der Waals surface area contributed by atoms with E-state index in [4.69, 9.17) is 0 Å². The molecule has 0 bridgehead atoms. The van der Waals surface area contributed by atoms with Crippen molar-refractivity contribution in [2.24, 2.45) is 5.41 Å². The van der Waals surface area contributed by atoms with Gasteiger partial charge in [0, 0.05) is 13.1 Å². The van der Waals surface area contributed by atoms with Crippen LogP contribution >= 0.6 is 15.9 Å². The monoisotopic (exact) mass is 303 g/mol. The molecule has 0 spiro atoms. The van der Waals surface area contributed by atoms with Gasteiger partial charge in [0.05, 0.1) is 4.83 Å². The third-order valence-corrected chi connectivity index (χ3v) is 4.39. The lowest BCUT2D eigenvalue weighted by molar-refractivity contribution is -0.134. The summed E-state index contributed by atoms with van der Waals surface area (Å²) < 4.78 is 0. The third-order valence-electron chi connectivity index (χ3n) is 3.54. The summed E-state index contributed by atoms with van der Waals surface area (Å²) in [7, 11) is 0. The van der Waals surface area contributed by atoms with Gasteiger partial charge in [-0.05, 0) is 24.7 Å². The van der Waals surface area contributed by atoms with Crippen LogP contribution in [0.4, 0.5) is 0 Å². The zero-order valence-corrected chi connectivity index (χ0v) is 13.1. The van der Waals surface area contributed by atoms with Crippen molar-refractivity contribution in [1.29, 1.82) is 0 Å². The highest BCUT2D eigenvalue weighted by atomic mass is 79.9. The minimum Gasteiger partial charge on any atom is -0.341 e. The van der Waals surface area contributed by atoms with Crippen molar-refractivity contribution < 1.29 is 4.79 Å². The molecule has 17 heavy (non-hydrogen) atoms. The molecule has 0 aromatic carbocycles. The highest BCUT2D eigenvalue weighted by Crippen LogP contribution is 2.28. The molecule has 1 atom stereocenters. The number of alkyl halides is 1. The summed E-state index contributed by atoms with van der Waals surface area (Å²) in [5, 5.41) is 0. The highest BCUT2D eigenvalue weighted by Gasteiger charge is 2.30. The second kappa shape index (κ2) is 6.77. The van der Waals surface area contributed by atoms with Gasteiger partial charge in [-0.2, -0.15) is 0 Å². The van der Waals surface area contributed by atoms with E-state index in [2.05, 4.69) is 41.6 Å². The molecule has 3 heteroatoms. The van der Waals surface area contributed by atoms with E-state index >= 15 is 0 Å². The number of hydrogen-bond donors (Lipinski definition) is 0. The summed E-state index contributed by atoms with van der Waals surface area (Å²) in [5.74, 6) is 0.291. The largest absolute Gasteiger partial charge is 0.341 e. The van der Waals surface area contributed by atoms with E-state index in [0.717, 1.165) is 25.9 Å². The second-order valence-corrected chi connectivity index (χ2v) is 7.10. The summed E-state index contributed by atoms with van der Waals surface area (Å²) in [4.78, 5) is 14.1. The Morgan fingerprint density at radius 3 is 2.76 bits per heavy atom. The molecule has 1 aliphatic heterocycles. The molecule has 1 amide bonds. The number of nitrogens with zero attached hydrogens (tertiary/aromatic N) is 1. The molecule has 1 heterocycles. The predicted molar refractivity (Wildman–Crippen MR) is 76.5 cm³/mol. The lowest BCUT2D eigenvalue weighted by atomic mass is 9.86. The van der Waals surface area contributed by atoms with E-state index in [-0.39, 0.29) is 10.2 Å². The summed E-state index contributed by atoms with van der Waals surface area (Å²) in [6, 6.07) is 0. The molecule has 1 rings (SSSR count). The van der Waals surface area contributed by atoms with Gasteiger partial charge in [-0.25, -0.2) is 0 Å². The van der Waals surface area contributed by atoms with Crippen LogP contribution in [-0.2, 0) is 4.79 Å². The van der Waals surface area contributed by atoms with Crippen LogP contribution in [0.1, 0.15) is 59.3 Å². The van der Waals surface area contributed by atoms with Gasteiger partial charge in [0.15, 0.2) is 0 Å². The van der Waals surface area contributed by atoms with Crippen LogP contribution in [0.25, 0.3) is 0 Å². The normalized spacial score (nSPS) is 22.0. The SMILES string of the molecule is CCCCCC(C)(C)CN1CCCC(Br)C1=O. The Labute approximate surface area is 114 Å². The van der Waals surface area contributed by atoms with Crippen molar-refractivity contribution in [3.63, 3.8) is 0 Å². The molecule has 100 valence electrons. The van der Waals surface area contributed by atoms with Crippen LogP contribution in [-0.4, -0.2) is 28.7 Å². The van der Waals surface area contributed by atoms with Crippen LogP contribution < -0.4 is 0 Å². The quantitative estimate of drug-likeness (QED) is 0.537. The number of rotatable bonds is 6. The van der Waals surface area contributed by atoms with Crippen molar-refractivity contribution in [1.82, 2.24) is 4.90 Å². The van der Waals surface area contributed by atoms with Crippen LogP contribution in [0.2, 0.25) is 0 Å². The van der Waals surface area contributed by atoms with Gasteiger partial charge in [0.1, 0.15) is 0 Å². The summed E-state index contributed by atoms with van der Waals surface area (Å²) in [6.45, 7) is 8.66. The Kier molecular flexibility index (Phi) is 5.98. The number of carbonyl (C=O) groups is 1. The van der Waals surface area contributed by atoms with E-state index in [1.54, 1.807) is 0 Å². The average Bonchev–Trinajstić information content (AvgIpc) is 2.25. The molecule has 2 nitrogen and oxygen atoms in total. The number of piperidine rings is 1. The zero-order valence-electron chi connectivity index (χ0n) is 11.5. The predicted octanol–water partition coefficient (Wildman–Crippen LogP) is 3.98. The molecule has 1 aliphatic rings. The van der Waals surface area contributed by atoms with Crippen LogP contribution in [0.15, 0.2) is 0 Å². The second-order valence-electron chi connectivity index (χ2n) is 5.99. The smallest absolute Gasteiger partial charge is 0.236 e. The zero-order chi connectivity index (χ0) is 12.9. The van der Waals surface area contributed by atoms with Gasteiger partial charge in [-0.15, -0.1) is 0 Å². The molecular formula is C14H26BrNO. The van der Waals surface area contributed by atoms with Crippen LogP contribution in [0.3, 0.4) is 0 Å². The van der Waals surface area contributed by atoms with Gasteiger partial charge in [-0.1, -0.05) is 56.0 Å². The molecule has 0 saturated carbocycles. The lowest BCUT2D eigenvalue weighted by Crippen LogP contribution is -2.46. The first-order valence-electron chi connectivity index (χ1n) is 6.89. The van der Waals surface area contributed by atoms with E-state index in [0.29, 0.717) is 5.91 Å². The minimum absolute atomic E-state index is 0.0580. The summed E-state index contributed by atoms with van der Waals surface area (Å²) in [5.41, 5.74) is 0.259. The van der Waals surface area contributed by atoms with E-state index < -0.39 is 0 Å². The Bertz CT molecular complexity index is 253. The van der Waals surface area contributed by atoms with Crippen molar-refractivity contribution in [2.45, 2.75) is 64.1 Å². The van der Waals surface area contributed by atoms with Gasteiger partial charge >= 0.3 is 0 Å². The van der Waals surface area contributed by atoms with Crippen molar-refractivity contribution in [2.75, 3.05) is 13.1 Å². The number of halogens is 1. The fraction of sp³-hybridized carbons (Fsp3) is 0.929. The fourth-order valence-corrected chi connectivity index (χ4v) is 3.11. The lowest BCUT2D eigenvalue weighted by Gasteiger charge is -2.36. The first kappa shape index (κ1) is 15.0. The molecule has 1 unspecified atom stereocenters. The van der Waals surface area contributed by atoms with Crippen LogP contribution in [0.5, 0.6) is 0 Å². The highest BCUT2D eigenvalue weighted by molar-refractivity contribution is 9.10. The van der Waals surface area contributed by atoms with Crippen molar-refractivity contribution >= 4 is 21.8 Å². The van der Waals surface area contributed by atoms with Gasteiger partial charge in [-0.3, -0.25) is 4.79 Å². The molecule has 1 saturated heterocycles. The average molecular weight is 304 g/mol. The first-order chi connectivity index (χ1) is 7.96. The van der Waals surface area contributed by atoms with E-state index in [1.807, 2.05) is 0 Å². The van der Waals surface area contributed by atoms with Gasteiger partial charge in [0.2, 0.25) is 5.91 Å². The maximum Gasteiger partial charge on any atom is 0.236 e. The number of likely N-dealkylation sites (tertiary alicyclic amines) is 1. The van der Waals surface area contributed by atoms with Crippen molar-refractivity contribution in [3.8, 4) is 0 Å². The van der Waals surface area contributed by atoms with Crippen molar-refractivity contribution in [3.05, 3.63) is 0 Å². The molecule has 0 N–H and O–H groups in total. The van der Waals surface area contributed by atoms with E-state index in [9.17, 15) is 4.79 Å². The summed E-state index contributed by atoms with van der Waals surface area (Å²) in [6.07, 6.45) is 7.19. The third kappa shape index (κ3) is 4.99. The molecule has 0 aromatic heterocycles. The standard InChI is InChI=1S/C14H26BrNO/c1-4-5-6-9-14(2,3)11-16-10-7-8-12(15)13(16)17/h12H,4-11H2,1-3H3. The number of carbonyl (C=O) groups excluding carboxylic acids is 1. The Morgan fingerprint density at radius 1 is 1.41 bits per heavy atom. The Hall–Kier alpha value is -0.0500. The Balaban J connectivity index is 2.42. The molecule has 1 fully saturated rings. The molecule has 0 radical (unpaired) electrons. The van der Waals surface area contributed by atoms with E-state index in [1.165, 1.54) is 25.7 Å². The Morgan fingerprint density at radius 2 is 2.12 bits per heavy atom. The molecular weight excluding hydrogens is 278 g/mol. The number of hydrogen-bond acceptors (Lipinski definition) is 1. The molecule has 0 aliphatic carbocycles. The maximum absolute atomic E-state index is 12.0. The van der Waals surface area contributed by atoms with Crippen LogP contribution in [0, 0.1) is 5.41 Å².